The van der Waals surface area contributed by atoms with Crippen LogP contribution in [0, 0.1) is 5.92 Å². The fraction of sp³-hybridized carbons (Fsp3) is 0.400. The average Bonchev–Trinajstić information content (AvgIpc) is 2.78. The molecule has 0 fully saturated rings. The number of aromatic nitrogens is 4. The third-order valence-corrected chi connectivity index (χ3v) is 2.82. The van der Waals surface area contributed by atoms with E-state index in [9.17, 15) is 4.79 Å². The average molecular weight is 265 g/mol. The van der Waals surface area contributed by atoms with Gasteiger partial charge in [0.05, 0.1) is 0 Å². The number of rotatable bonds is 4. The van der Waals surface area contributed by atoms with Crippen molar-refractivity contribution in [2.24, 2.45) is 16.8 Å². The number of fused-ring (bicyclic) bond motifs is 1. The highest BCUT2D eigenvalue weighted by Crippen LogP contribution is 2.10. The summed E-state index contributed by atoms with van der Waals surface area (Å²) in [5, 5.41) is 21.9. The van der Waals surface area contributed by atoms with Gasteiger partial charge in [-0.15, -0.1) is 5.10 Å². The maximum Gasteiger partial charge on any atom is 0.364 e. The van der Waals surface area contributed by atoms with Gasteiger partial charge in [0.15, 0.2) is 5.65 Å². The van der Waals surface area contributed by atoms with Crippen LogP contribution in [0.25, 0.3) is 5.65 Å². The second-order valence-corrected chi connectivity index (χ2v) is 4.30. The molecular formula is C10H15N7O2. The molecule has 1 unspecified atom stereocenters. The number of anilines is 1. The number of hydrogen-bond donors (Lipinski definition) is 3. The fourth-order valence-electron chi connectivity index (χ4n) is 1.69. The van der Waals surface area contributed by atoms with Crippen molar-refractivity contribution in [1.29, 1.82) is 0 Å². The largest absolute Gasteiger partial charge is 0.409 e. The van der Waals surface area contributed by atoms with Gasteiger partial charge in [-0.1, -0.05) is 12.1 Å². The second kappa shape index (κ2) is 4.96. The highest BCUT2D eigenvalue weighted by Gasteiger charge is 2.13. The van der Waals surface area contributed by atoms with Crippen LogP contribution in [-0.2, 0) is 0 Å². The molecule has 102 valence electrons. The Morgan fingerprint density at radius 2 is 2.42 bits per heavy atom. The van der Waals surface area contributed by atoms with Gasteiger partial charge in [0.25, 0.3) is 0 Å². The lowest BCUT2D eigenvalue weighted by atomic mass is 10.1. The van der Waals surface area contributed by atoms with Crippen molar-refractivity contribution in [3.8, 4) is 0 Å². The van der Waals surface area contributed by atoms with E-state index in [2.05, 4.69) is 20.5 Å². The first-order valence-corrected chi connectivity index (χ1v) is 5.66. The van der Waals surface area contributed by atoms with E-state index in [0.29, 0.717) is 18.0 Å². The van der Waals surface area contributed by atoms with Gasteiger partial charge in [-0.05, 0) is 12.1 Å². The molecule has 0 amide bonds. The maximum atomic E-state index is 11.4. The molecule has 0 saturated heterocycles. The predicted octanol–water partition coefficient (Wildman–Crippen LogP) is -0.764. The number of oxime groups is 1. The monoisotopic (exact) mass is 265 g/mol. The molecule has 9 heteroatoms. The third kappa shape index (κ3) is 2.49. The van der Waals surface area contributed by atoms with E-state index < -0.39 is 5.69 Å². The molecule has 2 aromatic heterocycles. The molecule has 0 bridgehead atoms. The number of H-pyrrole nitrogens is 1. The van der Waals surface area contributed by atoms with Gasteiger partial charge in [-0.25, -0.2) is 9.89 Å². The Hall–Kier alpha value is -2.58. The Kier molecular flexibility index (Phi) is 3.36. The number of nitrogens with two attached hydrogens (primary N) is 1. The van der Waals surface area contributed by atoms with E-state index in [0.717, 1.165) is 0 Å². The van der Waals surface area contributed by atoms with Gasteiger partial charge < -0.3 is 15.8 Å². The van der Waals surface area contributed by atoms with Crippen LogP contribution in [0.2, 0.25) is 0 Å². The van der Waals surface area contributed by atoms with Crippen LogP contribution in [0.5, 0.6) is 0 Å². The Balaban J connectivity index is 2.24. The topological polar surface area (TPSA) is 125 Å². The summed E-state index contributed by atoms with van der Waals surface area (Å²) in [5.41, 5.74) is 5.58. The van der Waals surface area contributed by atoms with Crippen molar-refractivity contribution in [3.63, 3.8) is 0 Å². The molecule has 9 nitrogen and oxygen atoms in total. The molecule has 2 aromatic rings. The van der Waals surface area contributed by atoms with Crippen molar-refractivity contribution in [2.45, 2.75) is 6.92 Å². The summed E-state index contributed by atoms with van der Waals surface area (Å²) in [5.74, 6) is 0.593. The van der Waals surface area contributed by atoms with Crippen molar-refractivity contribution in [3.05, 3.63) is 22.6 Å². The van der Waals surface area contributed by atoms with Crippen molar-refractivity contribution in [1.82, 2.24) is 19.8 Å². The first-order valence-electron chi connectivity index (χ1n) is 5.66. The van der Waals surface area contributed by atoms with Gasteiger partial charge in [-0.3, -0.25) is 0 Å². The Bertz CT molecular complexity index is 659. The minimum Gasteiger partial charge on any atom is -0.409 e. The number of amidine groups is 1. The Labute approximate surface area is 108 Å². The molecule has 0 aliphatic heterocycles. The number of nitrogens with zero attached hydrogens (tertiary/aromatic N) is 5. The summed E-state index contributed by atoms with van der Waals surface area (Å²) in [6.07, 6.45) is 0. The van der Waals surface area contributed by atoms with E-state index in [-0.39, 0.29) is 11.8 Å². The van der Waals surface area contributed by atoms with Gasteiger partial charge >= 0.3 is 5.69 Å². The van der Waals surface area contributed by atoms with Crippen LogP contribution in [0.15, 0.2) is 22.1 Å². The van der Waals surface area contributed by atoms with Crippen LogP contribution in [-0.4, -0.2) is 44.4 Å². The maximum absolute atomic E-state index is 11.4. The molecule has 2 rings (SSSR count). The van der Waals surface area contributed by atoms with Crippen LogP contribution in [0.1, 0.15) is 6.92 Å². The SMILES string of the molecule is CC(CN(C)c1ccc2n[nH]c(=O)n2n1)C(N)=NO. The van der Waals surface area contributed by atoms with E-state index in [1.54, 1.807) is 19.2 Å². The predicted molar refractivity (Wildman–Crippen MR) is 69.5 cm³/mol. The Morgan fingerprint density at radius 1 is 1.68 bits per heavy atom. The first kappa shape index (κ1) is 12.9. The number of aromatic amines is 1. The molecule has 19 heavy (non-hydrogen) atoms. The molecule has 0 saturated carbocycles. The van der Waals surface area contributed by atoms with Crippen LogP contribution in [0.4, 0.5) is 5.82 Å². The molecule has 1 atom stereocenters. The smallest absolute Gasteiger partial charge is 0.364 e. The first-order chi connectivity index (χ1) is 9.02. The molecule has 0 spiro atoms. The minimum absolute atomic E-state index is 0.145. The molecule has 2 heterocycles. The lowest BCUT2D eigenvalue weighted by Gasteiger charge is -2.21. The zero-order valence-electron chi connectivity index (χ0n) is 10.6. The molecule has 4 N–H and O–H groups in total. The Morgan fingerprint density at radius 3 is 3.11 bits per heavy atom. The molecule has 0 aliphatic carbocycles. The summed E-state index contributed by atoms with van der Waals surface area (Å²) in [6.45, 7) is 2.33. The van der Waals surface area contributed by atoms with Crippen molar-refractivity contribution in [2.75, 3.05) is 18.5 Å². The zero-order chi connectivity index (χ0) is 14.0. The quantitative estimate of drug-likeness (QED) is 0.289. The van der Waals surface area contributed by atoms with Gasteiger partial charge in [0.1, 0.15) is 11.7 Å². The summed E-state index contributed by atoms with van der Waals surface area (Å²) < 4.78 is 1.18. The summed E-state index contributed by atoms with van der Waals surface area (Å²) in [7, 11) is 1.81. The van der Waals surface area contributed by atoms with Crippen LogP contribution >= 0.6 is 0 Å². The summed E-state index contributed by atoms with van der Waals surface area (Å²) >= 11 is 0. The molecular weight excluding hydrogens is 250 g/mol. The summed E-state index contributed by atoms with van der Waals surface area (Å²) in [4.78, 5) is 13.2. The van der Waals surface area contributed by atoms with Gasteiger partial charge in [0, 0.05) is 19.5 Å². The lowest BCUT2D eigenvalue weighted by Crippen LogP contribution is -2.33. The van der Waals surface area contributed by atoms with E-state index in [1.165, 1.54) is 4.52 Å². The molecule has 0 aliphatic rings. The van der Waals surface area contributed by atoms with Crippen molar-refractivity contribution >= 4 is 17.3 Å². The highest BCUT2D eigenvalue weighted by molar-refractivity contribution is 5.82. The van der Waals surface area contributed by atoms with Gasteiger partial charge in [-0.2, -0.15) is 9.61 Å². The fourth-order valence-corrected chi connectivity index (χ4v) is 1.69. The van der Waals surface area contributed by atoms with Crippen molar-refractivity contribution < 1.29 is 5.21 Å². The molecule has 0 aromatic carbocycles. The molecule has 0 radical (unpaired) electrons. The van der Waals surface area contributed by atoms with E-state index in [4.69, 9.17) is 10.9 Å². The normalized spacial score (nSPS) is 13.7. The highest BCUT2D eigenvalue weighted by atomic mass is 16.4. The third-order valence-electron chi connectivity index (χ3n) is 2.82. The number of nitrogens with one attached hydrogen (secondary N) is 1. The van der Waals surface area contributed by atoms with E-state index in [1.807, 2.05) is 11.8 Å². The second-order valence-electron chi connectivity index (χ2n) is 4.30. The minimum atomic E-state index is -0.394. The standard InChI is InChI=1S/C10H15N7O2/c1-6(9(11)15-19)5-16(2)8-4-3-7-12-13-10(18)17(7)14-8/h3-4,6,19H,5H2,1-2H3,(H2,11,15)(H,13,18). The van der Waals surface area contributed by atoms with Crippen LogP contribution in [0.3, 0.4) is 0 Å². The van der Waals surface area contributed by atoms with Crippen LogP contribution < -0.4 is 16.3 Å². The summed E-state index contributed by atoms with van der Waals surface area (Å²) in [6, 6.07) is 3.43. The van der Waals surface area contributed by atoms with E-state index >= 15 is 0 Å². The zero-order valence-corrected chi connectivity index (χ0v) is 10.6. The van der Waals surface area contributed by atoms with Gasteiger partial charge in [0.2, 0.25) is 0 Å². The number of hydrogen-bond acceptors (Lipinski definition) is 6. The lowest BCUT2D eigenvalue weighted by molar-refractivity contribution is 0.314.